The second-order valence-corrected chi connectivity index (χ2v) is 7.71. The first-order valence-corrected chi connectivity index (χ1v) is 9.85. The van der Waals surface area contributed by atoms with E-state index in [-0.39, 0.29) is 5.41 Å². The average molecular weight is 348 g/mol. The van der Waals surface area contributed by atoms with Gasteiger partial charge in [0.2, 0.25) is 0 Å². The van der Waals surface area contributed by atoms with E-state index in [1.165, 1.54) is 50.1 Å². The van der Waals surface area contributed by atoms with Gasteiger partial charge in [-0.2, -0.15) is 0 Å². The van der Waals surface area contributed by atoms with Crippen molar-refractivity contribution >= 4 is 0 Å². The molecule has 27 heavy (non-hydrogen) atoms. The molecule has 3 aliphatic carbocycles. The van der Waals surface area contributed by atoms with Gasteiger partial charge in [0.25, 0.3) is 0 Å². The van der Waals surface area contributed by atoms with Gasteiger partial charge in [-0.05, 0) is 71.2 Å². The predicted molar refractivity (Wildman–Crippen MR) is 115 cm³/mol. The van der Waals surface area contributed by atoms with Crippen molar-refractivity contribution in [1.82, 2.24) is 0 Å². The maximum atomic E-state index is 4.27. The summed E-state index contributed by atoms with van der Waals surface area (Å²) in [4.78, 5) is 0. The van der Waals surface area contributed by atoms with Crippen LogP contribution in [0.4, 0.5) is 0 Å². The van der Waals surface area contributed by atoms with Gasteiger partial charge in [-0.15, -0.1) is 0 Å². The summed E-state index contributed by atoms with van der Waals surface area (Å²) in [5, 5.41) is 0. The molecule has 0 heterocycles. The number of hydrogen-bond donors (Lipinski definition) is 0. The molecule has 0 N–H and O–H groups in total. The summed E-state index contributed by atoms with van der Waals surface area (Å²) >= 11 is 0. The Morgan fingerprint density at radius 3 is 2.67 bits per heavy atom. The van der Waals surface area contributed by atoms with Crippen molar-refractivity contribution in [2.24, 2.45) is 0 Å². The maximum absolute atomic E-state index is 4.27. The molecule has 0 heteroatoms. The zero-order chi connectivity index (χ0) is 18.6. The van der Waals surface area contributed by atoms with Crippen LogP contribution in [0.25, 0.3) is 11.1 Å². The van der Waals surface area contributed by atoms with Crippen LogP contribution >= 0.6 is 0 Å². The van der Waals surface area contributed by atoms with Crippen molar-refractivity contribution in [3.05, 3.63) is 118 Å². The van der Waals surface area contributed by atoms with Crippen LogP contribution in [0.5, 0.6) is 0 Å². The van der Waals surface area contributed by atoms with Crippen molar-refractivity contribution in [3.8, 4) is 11.1 Å². The lowest BCUT2D eigenvalue weighted by Gasteiger charge is -2.33. The van der Waals surface area contributed by atoms with E-state index in [0.717, 1.165) is 12.8 Å². The van der Waals surface area contributed by atoms with Crippen molar-refractivity contribution in [3.63, 3.8) is 0 Å². The monoisotopic (exact) mass is 348 g/mol. The molecule has 0 aliphatic heterocycles. The zero-order valence-electron chi connectivity index (χ0n) is 16.0. The molecule has 0 aromatic heterocycles. The first kappa shape index (κ1) is 16.3. The predicted octanol–water partition coefficient (Wildman–Crippen LogP) is 6.98. The van der Waals surface area contributed by atoms with Crippen LogP contribution in [0.1, 0.15) is 36.5 Å². The van der Waals surface area contributed by atoms with E-state index < -0.39 is 0 Å². The Morgan fingerprint density at radius 1 is 1.04 bits per heavy atom. The van der Waals surface area contributed by atoms with Crippen LogP contribution in [0.3, 0.4) is 0 Å². The molecule has 5 rings (SSSR count). The van der Waals surface area contributed by atoms with Crippen LogP contribution < -0.4 is 0 Å². The second kappa shape index (κ2) is 5.82. The molecule has 1 spiro atoms. The van der Waals surface area contributed by atoms with Crippen molar-refractivity contribution in [1.29, 1.82) is 0 Å². The number of aryl methyl sites for hydroxylation is 1. The van der Waals surface area contributed by atoms with Crippen LogP contribution in [0, 0.1) is 6.92 Å². The zero-order valence-corrected chi connectivity index (χ0v) is 16.0. The normalized spacial score (nSPS) is 22.6. The fourth-order valence-corrected chi connectivity index (χ4v) is 5.40. The van der Waals surface area contributed by atoms with Gasteiger partial charge in [0.1, 0.15) is 0 Å². The molecular weight excluding hydrogens is 324 g/mol. The van der Waals surface area contributed by atoms with Gasteiger partial charge in [-0.25, -0.2) is 0 Å². The van der Waals surface area contributed by atoms with Gasteiger partial charge in [0.15, 0.2) is 0 Å². The average Bonchev–Trinajstić information content (AvgIpc) is 3.14. The van der Waals surface area contributed by atoms with E-state index in [1.54, 1.807) is 0 Å². The first-order valence-electron chi connectivity index (χ1n) is 9.85. The standard InChI is InChI=1S/C27H24/c1-4-10-19-20-11-6-8-13-24(20)27(23(19)5-2)25-14-9-7-12-21(25)22-17-18(3)15-16-26(22)27/h4-5,7-10,12-17H,2,6,11H2,1,3H3/b10-4-. The lowest BCUT2D eigenvalue weighted by atomic mass is 9.68. The van der Waals surface area contributed by atoms with Crippen LogP contribution in [-0.2, 0) is 5.41 Å². The van der Waals surface area contributed by atoms with E-state index in [1.807, 2.05) is 0 Å². The summed E-state index contributed by atoms with van der Waals surface area (Å²) in [6, 6.07) is 15.9. The first-order chi connectivity index (χ1) is 13.2. The molecule has 3 aliphatic rings. The largest absolute Gasteiger partial charge is 0.0987 e. The molecule has 0 bridgehead atoms. The van der Waals surface area contributed by atoms with Gasteiger partial charge in [-0.1, -0.05) is 85.0 Å². The second-order valence-electron chi connectivity index (χ2n) is 7.71. The molecule has 1 atom stereocenters. The number of hydrogen-bond acceptors (Lipinski definition) is 0. The summed E-state index contributed by atoms with van der Waals surface area (Å²) in [5.41, 5.74) is 12.3. The molecule has 0 fully saturated rings. The van der Waals surface area contributed by atoms with Gasteiger partial charge < -0.3 is 0 Å². The molecule has 0 nitrogen and oxygen atoms in total. The van der Waals surface area contributed by atoms with Crippen LogP contribution in [0.2, 0.25) is 0 Å². The fourth-order valence-electron chi connectivity index (χ4n) is 5.40. The third-order valence-electron chi connectivity index (χ3n) is 6.33. The molecular formula is C27H24. The minimum Gasteiger partial charge on any atom is -0.0987 e. The summed E-state index contributed by atoms with van der Waals surface area (Å²) in [7, 11) is 0. The minimum atomic E-state index is -0.220. The Bertz CT molecular complexity index is 1100. The summed E-state index contributed by atoms with van der Waals surface area (Å²) in [6.07, 6.45) is 13.5. The number of rotatable bonds is 2. The third kappa shape index (κ3) is 1.93. The smallest absolute Gasteiger partial charge is 0.0721 e. The molecule has 0 radical (unpaired) electrons. The highest BCUT2D eigenvalue weighted by molar-refractivity contribution is 5.90. The molecule has 0 amide bonds. The van der Waals surface area contributed by atoms with E-state index in [0.29, 0.717) is 0 Å². The third-order valence-corrected chi connectivity index (χ3v) is 6.33. The fraction of sp³-hybridized carbons (Fsp3) is 0.185. The van der Waals surface area contributed by atoms with Gasteiger partial charge in [-0.3, -0.25) is 0 Å². The molecule has 1 unspecified atom stereocenters. The molecule has 132 valence electrons. The van der Waals surface area contributed by atoms with Crippen LogP contribution in [-0.4, -0.2) is 0 Å². The van der Waals surface area contributed by atoms with Crippen molar-refractivity contribution in [2.45, 2.75) is 32.1 Å². The van der Waals surface area contributed by atoms with E-state index in [9.17, 15) is 0 Å². The molecule has 2 aromatic carbocycles. The quantitative estimate of drug-likeness (QED) is 0.549. The van der Waals surface area contributed by atoms with E-state index in [2.05, 4.69) is 93.3 Å². The highest BCUT2D eigenvalue weighted by Gasteiger charge is 2.52. The lowest BCUT2D eigenvalue weighted by Crippen LogP contribution is -2.27. The van der Waals surface area contributed by atoms with Gasteiger partial charge in [0.05, 0.1) is 5.41 Å². The highest BCUT2D eigenvalue weighted by atomic mass is 14.5. The van der Waals surface area contributed by atoms with E-state index in [4.69, 9.17) is 0 Å². The SMILES string of the molecule is C=CC1=C(/C=C\C)C2=C(C=CCC2)C12c1ccccc1-c1cc(C)ccc12. The molecule has 2 aromatic rings. The number of benzene rings is 2. The Kier molecular flexibility index (Phi) is 3.52. The van der Waals surface area contributed by atoms with Crippen molar-refractivity contribution in [2.75, 3.05) is 0 Å². The van der Waals surface area contributed by atoms with E-state index >= 15 is 0 Å². The Labute approximate surface area is 161 Å². The van der Waals surface area contributed by atoms with Crippen LogP contribution in [0.15, 0.2) is 102 Å². The molecule has 0 saturated carbocycles. The summed E-state index contributed by atoms with van der Waals surface area (Å²) < 4.78 is 0. The Hall–Kier alpha value is -2.86. The topological polar surface area (TPSA) is 0 Å². The van der Waals surface area contributed by atoms with Gasteiger partial charge >= 0.3 is 0 Å². The van der Waals surface area contributed by atoms with Gasteiger partial charge in [0, 0.05) is 0 Å². The maximum Gasteiger partial charge on any atom is 0.0721 e. The van der Waals surface area contributed by atoms with Crippen molar-refractivity contribution < 1.29 is 0 Å². The number of fused-ring (bicyclic) bond motifs is 6. The lowest BCUT2D eigenvalue weighted by molar-refractivity contribution is 0.767. The number of allylic oxidation sites excluding steroid dienone is 9. The Balaban J connectivity index is 1.98. The highest BCUT2D eigenvalue weighted by Crippen LogP contribution is 2.62. The molecule has 0 saturated heterocycles. The Morgan fingerprint density at radius 2 is 1.85 bits per heavy atom. The summed E-state index contributed by atoms with van der Waals surface area (Å²) in [5.74, 6) is 0. The minimum absolute atomic E-state index is 0.220. The summed E-state index contributed by atoms with van der Waals surface area (Å²) in [6.45, 7) is 8.57.